The van der Waals surface area contributed by atoms with E-state index in [1.54, 1.807) is 19.2 Å². The minimum atomic E-state index is -0.406. The van der Waals surface area contributed by atoms with Crippen molar-refractivity contribution in [3.8, 4) is 22.8 Å². The number of aromatic nitrogens is 7. The first-order valence-electron chi connectivity index (χ1n) is 9.33. The molecular weight excluding hydrogens is 400 g/mol. The quantitative estimate of drug-likeness (QED) is 0.465. The van der Waals surface area contributed by atoms with Gasteiger partial charge in [-0.2, -0.15) is 10.2 Å². The van der Waals surface area contributed by atoms with Crippen molar-refractivity contribution in [2.45, 2.75) is 6.54 Å². The Morgan fingerprint density at radius 1 is 1.06 bits per heavy atom. The highest BCUT2D eigenvalue weighted by Gasteiger charge is 2.10. The smallest absolute Gasteiger partial charge is 0.271 e. The molecule has 0 fully saturated rings. The van der Waals surface area contributed by atoms with Gasteiger partial charge in [0.15, 0.2) is 11.5 Å². The molecule has 0 aliphatic carbocycles. The lowest BCUT2D eigenvalue weighted by atomic mass is 10.1. The van der Waals surface area contributed by atoms with Crippen LogP contribution in [0.3, 0.4) is 0 Å². The van der Waals surface area contributed by atoms with Crippen molar-refractivity contribution in [3.63, 3.8) is 0 Å². The lowest BCUT2D eigenvalue weighted by molar-refractivity contribution is 0.0945. The van der Waals surface area contributed by atoms with Crippen molar-refractivity contribution in [2.75, 3.05) is 13.7 Å². The Labute approximate surface area is 176 Å². The number of benzene rings is 1. The topological polar surface area (TPSA) is 130 Å². The van der Waals surface area contributed by atoms with Gasteiger partial charge in [0, 0.05) is 18.2 Å². The molecule has 0 radical (unpaired) electrons. The molecule has 4 rings (SSSR count). The molecule has 11 heteroatoms. The summed E-state index contributed by atoms with van der Waals surface area (Å²) < 4.78 is 7.89. The normalized spacial score (nSPS) is 10.6. The fourth-order valence-electron chi connectivity index (χ4n) is 2.79. The molecular formula is C20H18N8O3. The van der Waals surface area contributed by atoms with Gasteiger partial charge in [-0.3, -0.25) is 9.59 Å². The van der Waals surface area contributed by atoms with Crippen molar-refractivity contribution in [2.24, 2.45) is 0 Å². The highest BCUT2D eigenvalue weighted by Crippen LogP contribution is 2.19. The van der Waals surface area contributed by atoms with E-state index >= 15 is 0 Å². The lowest BCUT2D eigenvalue weighted by Gasteiger charge is -2.09. The zero-order chi connectivity index (χ0) is 21.6. The molecule has 3 aromatic heterocycles. The minimum absolute atomic E-state index is 0.149. The summed E-state index contributed by atoms with van der Waals surface area (Å²) in [6.07, 6.45) is 2.86. The Hall–Kier alpha value is -4.41. The van der Waals surface area contributed by atoms with Crippen LogP contribution in [-0.4, -0.2) is 54.3 Å². The molecule has 0 atom stereocenters. The molecule has 0 unspecified atom stereocenters. The molecule has 1 N–H and O–H groups in total. The largest absolute Gasteiger partial charge is 0.497 e. The number of hydrogen-bond acceptors (Lipinski definition) is 8. The summed E-state index contributed by atoms with van der Waals surface area (Å²) in [5, 5.41) is 18.9. The van der Waals surface area contributed by atoms with Crippen LogP contribution in [0.2, 0.25) is 0 Å². The fraction of sp³-hybridized carbons (Fsp3) is 0.150. The van der Waals surface area contributed by atoms with E-state index in [0.717, 1.165) is 11.3 Å². The third-order valence-electron chi connectivity index (χ3n) is 4.40. The van der Waals surface area contributed by atoms with Gasteiger partial charge in [0.05, 0.1) is 19.3 Å². The highest BCUT2D eigenvalue weighted by atomic mass is 16.5. The van der Waals surface area contributed by atoms with Crippen LogP contribution >= 0.6 is 0 Å². The molecule has 1 aromatic carbocycles. The Morgan fingerprint density at radius 2 is 1.90 bits per heavy atom. The molecule has 3 heterocycles. The second-order valence-corrected chi connectivity index (χ2v) is 6.38. The Bertz CT molecular complexity index is 1220. The van der Waals surface area contributed by atoms with Gasteiger partial charge in [-0.05, 0) is 42.5 Å². The summed E-state index contributed by atoms with van der Waals surface area (Å²) in [5.41, 5.74) is 1.38. The molecule has 0 aliphatic rings. The van der Waals surface area contributed by atoms with Gasteiger partial charge < -0.3 is 10.1 Å². The van der Waals surface area contributed by atoms with Crippen LogP contribution in [0.5, 0.6) is 5.75 Å². The zero-order valence-corrected chi connectivity index (χ0v) is 16.5. The predicted octanol–water partition coefficient (Wildman–Crippen LogP) is 0.720. The molecule has 0 saturated heterocycles. The molecule has 1 amide bonds. The number of nitrogens with zero attached hydrogens (tertiary/aromatic N) is 7. The maximum atomic E-state index is 12.3. The fourth-order valence-corrected chi connectivity index (χ4v) is 2.79. The van der Waals surface area contributed by atoms with E-state index < -0.39 is 5.91 Å². The van der Waals surface area contributed by atoms with Gasteiger partial charge in [0.25, 0.3) is 11.5 Å². The van der Waals surface area contributed by atoms with Crippen LogP contribution in [-0.2, 0) is 6.54 Å². The van der Waals surface area contributed by atoms with Gasteiger partial charge in [0.2, 0.25) is 0 Å². The van der Waals surface area contributed by atoms with E-state index in [-0.39, 0.29) is 24.3 Å². The summed E-state index contributed by atoms with van der Waals surface area (Å²) in [6, 6.07) is 13.6. The van der Waals surface area contributed by atoms with Crippen molar-refractivity contribution < 1.29 is 9.53 Å². The number of carbonyl (C=O) groups is 1. The van der Waals surface area contributed by atoms with E-state index in [2.05, 4.69) is 30.7 Å². The van der Waals surface area contributed by atoms with Crippen molar-refractivity contribution in [3.05, 3.63) is 77.2 Å². The van der Waals surface area contributed by atoms with Crippen LogP contribution in [0.25, 0.3) is 17.1 Å². The Balaban J connectivity index is 1.38. The molecule has 11 nitrogen and oxygen atoms in total. The van der Waals surface area contributed by atoms with E-state index in [0.29, 0.717) is 11.5 Å². The van der Waals surface area contributed by atoms with Gasteiger partial charge in [-0.15, -0.1) is 10.2 Å². The third kappa shape index (κ3) is 4.61. The molecule has 0 saturated carbocycles. The third-order valence-corrected chi connectivity index (χ3v) is 4.40. The maximum absolute atomic E-state index is 12.3. The first kappa shape index (κ1) is 19.9. The zero-order valence-electron chi connectivity index (χ0n) is 16.5. The maximum Gasteiger partial charge on any atom is 0.271 e. The van der Waals surface area contributed by atoms with Crippen LogP contribution < -0.4 is 15.6 Å². The van der Waals surface area contributed by atoms with Crippen molar-refractivity contribution in [1.29, 1.82) is 0 Å². The van der Waals surface area contributed by atoms with Gasteiger partial charge in [-0.1, -0.05) is 0 Å². The monoisotopic (exact) mass is 418 g/mol. The molecule has 0 spiro atoms. The summed E-state index contributed by atoms with van der Waals surface area (Å²) in [7, 11) is 1.60. The van der Waals surface area contributed by atoms with Gasteiger partial charge in [0.1, 0.15) is 18.4 Å². The number of nitrogens with one attached hydrogen (secondary N) is 1. The van der Waals surface area contributed by atoms with Gasteiger partial charge >= 0.3 is 0 Å². The summed E-state index contributed by atoms with van der Waals surface area (Å²) in [5.74, 6) is 0.773. The number of amides is 1. The first-order chi connectivity index (χ1) is 15.1. The lowest BCUT2D eigenvalue weighted by Crippen LogP contribution is -2.32. The number of ether oxygens (including phenoxy) is 1. The van der Waals surface area contributed by atoms with E-state index in [4.69, 9.17) is 4.74 Å². The predicted molar refractivity (Wildman–Crippen MR) is 110 cm³/mol. The molecule has 0 aliphatic heterocycles. The average Bonchev–Trinajstić information content (AvgIpc) is 3.35. The van der Waals surface area contributed by atoms with E-state index in [1.807, 2.05) is 24.3 Å². The number of methoxy groups -OCH3 is 1. The molecule has 156 valence electrons. The van der Waals surface area contributed by atoms with Crippen LogP contribution in [0, 0.1) is 0 Å². The standard InChI is InChI=1S/C20H18N8O3/c1-31-15-4-2-14(3-5-15)16-7-9-19(29)27(26-16)11-10-22-20(30)17-6-8-18(25-24-17)28-13-21-12-23-28/h2-9,12-13H,10-11H2,1H3,(H,22,30). The average molecular weight is 418 g/mol. The number of rotatable bonds is 7. The second-order valence-electron chi connectivity index (χ2n) is 6.38. The highest BCUT2D eigenvalue weighted by molar-refractivity contribution is 5.92. The Kier molecular flexibility index (Phi) is 5.74. The minimum Gasteiger partial charge on any atom is -0.497 e. The molecule has 0 bridgehead atoms. The van der Waals surface area contributed by atoms with E-state index in [1.165, 1.54) is 34.2 Å². The van der Waals surface area contributed by atoms with Crippen LogP contribution in [0.4, 0.5) is 0 Å². The number of carbonyl (C=O) groups excluding carboxylic acids is 1. The summed E-state index contributed by atoms with van der Waals surface area (Å²) >= 11 is 0. The molecule has 4 aromatic rings. The second kappa shape index (κ2) is 8.95. The number of hydrogen-bond donors (Lipinski definition) is 1. The SMILES string of the molecule is COc1ccc(-c2ccc(=O)n(CCNC(=O)c3ccc(-n4cncn4)nn3)n2)cc1. The summed E-state index contributed by atoms with van der Waals surface area (Å²) in [4.78, 5) is 28.3. The van der Waals surface area contributed by atoms with Gasteiger partial charge in [-0.25, -0.2) is 14.3 Å². The Morgan fingerprint density at radius 3 is 2.58 bits per heavy atom. The van der Waals surface area contributed by atoms with Crippen LogP contribution in [0.15, 0.2) is 66.0 Å². The van der Waals surface area contributed by atoms with Crippen molar-refractivity contribution in [1.82, 2.24) is 40.1 Å². The summed E-state index contributed by atoms with van der Waals surface area (Å²) in [6.45, 7) is 0.406. The first-order valence-corrected chi connectivity index (χ1v) is 9.33. The van der Waals surface area contributed by atoms with Crippen LogP contribution in [0.1, 0.15) is 10.5 Å². The molecule has 31 heavy (non-hydrogen) atoms. The van der Waals surface area contributed by atoms with E-state index in [9.17, 15) is 9.59 Å². The van der Waals surface area contributed by atoms with Crippen molar-refractivity contribution >= 4 is 5.91 Å².